The molecule has 66 valence electrons. The fraction of sp³-hybridized carbons (Fsp3) is 0.571. The molecule has 0 saturated heterocycles. The summed E-state index contributed by atoms with van der Waals surface area (Å²) in [6.07, 6.45) is 1.51. The van der Waals surface area contributed by atoms with Gasteiger partial charge in [-0.15, -0.1) is 5.10 Å². The van der Waals surface area contributed by atoms with Gasteiger partial charge in [-0.1, -0.05) is 13.8 Å². The number of hydrogen-bond acceptors (Lipinski definition) is 3. The molecule has 1 N–H and O–H groups in total. The van der Waals surface area contributed by atoms with Crippen LogP contribution >= 0.6 is 0 Å². The number of aromatic nitrogens is 3. The molecule has 1 heterocycles. The molecule has 0 fully saturated rings. The van der Waals surface area contributed by atoms with Crippen LogP contribution in [0.1, 0.15) is 13.8 Å². The Kier molecular flexibility index (Phi) is 2.42. The maximum atomic E-state index is 11.1. The molecular formula is C7H12N4O. The number of aryl methyl sites for hydroxylation is 1. The number of hydrogen-bond donors (Lipinski definition) is 1. The first-order valence-electron chi connectivity index (χ1n) is 3.77. The Morgan fingerprint density at radius 1 is 1.67 bits per heavy atom. The van der Waals surface area contributed by atoms with Crippen molar-refractivity contribution in [3.63, 3.8) is 0 Å². The van der Waals surface area contributed by atoms with Gasteiger partial charge in [-0.05, 0) is 0 Å². The Morgan fingerprint density at radius 2 is 2.33 bits per heavy atom. The maximum Gasteiger partial charge on any atom is 0.228 e. The molecule has 0 radical (unpaired) electrons. The first-order chi connectivity index (χ1) is 5.59. The van der Waals surface area contributed by atoms with Gasteiger partial charge in [-0.2, -0.15) is 9.90 Å². The van der Waals surface area contributed by atoms with E-state index >= 15 is 0 Å². The van der Waals surface area contributed by atoms with E-state index in [1.54, 1.807) is 7.05 Å². The lowest BCUT2D eigenvalue weighted by atomic mass is 10.2. The van der Waals surface area contributed by atoms with Crippen LogP contribution in [0.3, 0.4) is 0 Å². The zero-order chi connectivity index (χ0) is 9.14. The van der Waals surface area contributed by atoms with E-state index in [0.717, 1.165) is 0 Å². The highest BCUT2D eigenvalue weighted by Crippen LogP contribution is 2.01. The molecule has 0 aliphatic rings. The molecule has 0 spiro atoms. The van der Waals surface area contributed by atoms with Crippen LogP contribution in [0.2, 0.25) is 0 Å². The van der Waals surface area contributed by atoms with Gasteiger partial charge < -0.3 is 5.32 Å². The molecule has 1 amide bonds. The van der Waals surface area contributed by atoms with Crippen LogP contribution in [-0.4, -0.2) is 20.9 Å². The smallest absolute Gasteiger partial charge is 0.228 e. The molecule has 5 nitrogen and oxygen atoms in total. The molecule has 1 aromatic heterocycles. The van der Waals surface area contributed by atoms with Crippen LogP contribution < -0.4 is 5.32 Å². The summed E-state index contributed by atoms with van der Waals surface area (Å²) in [4.78, 5) is 12.5. The largest absolute Gasteiger partial charge is 0.308 e. The summed E-state index contributed by atoms with van der Waals surface area (Å²) in [5, 5.41) is 10.4. The molecule has 0 aliphatic carbocycles. The minimum absolute atomic E-state index is 0.0352. The van der Waals surface area contributed by atoms with E-state index in [4.69, 9.17) is 0 Å². The van der Waals surface area contributed by atoms with E-state index in [2.05, 4.69) is 15.5 Å². The van der Waals surface area contributed by atoms with Gasteiger partial charge in [0.15, 0.2) is 5.82 Å². The van der Waals surface area contributed by atoms with Gasteiger partial charge in [0.05, 0.1) is 6.20 Å². The molecule has 1 rings (SSSR count). The normalized spacial score (nSPS) is 10.3. The SMILES string of the molecule is CC(C)C(=O)Nc1cnn(C)n1. The van der Waals surface area contributed by atoms with Crippen LogP contribution in [0.25, 0.3) is 0 Å². The van der Waals surface area contributed by atoms with E-state index in [1.807, 2.05) is 13.8 Å². The Labute approximate surface area is 70.8 Å². The summed E-state index contributed by atoms with van der Waals surface area (Å²) in [6, 6.07) is 0. The van der Waals surface area contributed by atoms with Crippen molar-refractivity contribution in [3.8, 4) is 0 Å². The highest BCUT2D eigenvalue weighted by atomic mass is 16.1. The second-order valence-electron chi connectivity index (χ2n) is 2.86. The average Bonchev–Trinajstić information content (AvgIpc) is 2.35. The summed E-state index contributed by atoms with van der Waals surface area (Å²) in [5.41, 5.74) is 0. The van der Waals surface area contributed by atoms with Crippen LogP contribution in [0, 0.1) is 5.92 Å². The van der Waals surface area contributed by atoms with Gasteiger partial charge >= 0.3 is 0 Å². The lowest BCUT2D eigenvalue weighted by Crippen LogP contribution is -2.18. The van der Waals surface area contributed by atoms with Gasteiger partial charge in [0.2, 0.25) is 5.91 Å². The summed E-state index contributed by atoms with van der Waals surface area (Å²) in [7, 11) is 1.70. The molecule has 0 atom stereocenters. The second kappa shape index (κ2) is 3.34. The first kappa shape index (κ1) is 8.70. The predicted octanol–water partition coefficient (Wildman–Crippen LogP) is 0.410. The van der Waals surface area contributed by atoms with Crippen molar-refractivity contribution in [2.45, 2.75) is 13.8 Å². The van der Waals surface area contributed by atoms with Gasteiger partial charge in [0.1, 0.15) is 0 Å². The number of rotatable bonds is 2. The van der Waals surface area contributed by atoms with Crippen molar-refractivity contribution < 1.29 is 4.79 Å². The highest BCUT2D eigenvalue weighted by molar-refractivity contribution is 5.90. The quantitative estimate of drug-likeness (QED) is 0.695. The molecule has 0 saturated carbocycles. The minimum Gasteiger partial charge on any atom is -0.308 e. The number of nitrogens with one attached hydrogen (secondary N) is 1. The third-order valence-electron chi connectivity index (χ3n) is 1.38. The third-order valence-corrected chi connectivity index (χ3v) is 1.38. The summed E-state index contributed by atoms with van der Waals surface area (Å²) in [5.74, 6) is 0.415. The van der Waals surface area contributed by atoms with Gasteiger partial charge in [0.25, 0.3) is 0 Å². The third kappa shape index (κ3) is 2.05. The molecule has 0 aliphatic heterocycles. The van der Waals surface area contributed by atoms with E-state index in [9.17, 15) is 4.79 Å². The van der Waals surface area contributed by atoms with Crippen LogP contribution in [0.4, 0.5) is 5.82 Å². The van der Waals surface area contributed by atoms with Crippen molar-refractivity contribution in [1.82, 2.24) is 15.0 Å². The second-order valence-corrected chi connectivity index (χ2v) is 2.86. The van der Waals surface area contributed by atoms with Gasteiger partial charge in [0, 0.05) is 13.0 Å². The predicted molar refractivity (Wildman–Crippen MR) is 44.5 cm³/mol. The monoisotopic (exact) mass is 168 g/mol. The first-order valence-corrected chi connectivity index (χ1v) is 3.77. The van der Waals surface area contributed by atoms with Gasteiger partial charge in [-0.3, -0.25) is 4.79 Å². The number of carbonyl (C=O) groups excluding carboxylic acids is 1. The van der Waals surface area contributed by atoms with E-state index in [-0.39, 0.29) is 11.8 Å². The molecular weight excluding hydrogens is 156 g/mol. The number of nitrogens with zero attached hydrogens (tertiary/aromatic N) is 3. The molecule has 12 heavy (non-hydrogen) atoms. The van der Waals surface area contributed by atoms with Crippen molar-refractivity contribution in [2.75, 3.05) is 5.32 Å². The van der Waals surface area contributed by atoms with Crippen molar-refractivity contribution in [3.05, 3.63) is 6.20 Å². The molecule has 5 heteroatoms. The van der Waals surface area contributed by atoms with Crippen molar-refractivity contribution >= 4 is 11.7 Å². The number of carbonyl (C=O) groups is 1. The zero-order valence-electron chi connectivity index (χ0n) is 7.40. The minimum atomic E-state index is -0.0458. The zero-order valence-corrected chi connectivity index (χ0v) is 7.40. The summed E-state index contributed by atoms with van der Waals surface area (Å²) >= 11 is 0. The lowest BCUT2D eigenvalue weighted by molar-refractivity contribution is -0.118. The molecule has 0 aromatic carbocycles. The molecule has 1 aromatic rings. The summed E-state index contributed by atoms with van der Waals surface area (Å²) < 4.78 is 0. The van der Waals surface area contributed by atoms with E-state index in [0.29, 0.717) is 5.82 Å². The van der Waals surface area contributed by atoms with E-state index < -0.39 is 0 Å². The Morgan fingerprint density at radius 3 is 2.75 bits per heavy atom. The average molecular weight is 168 g/mol. The number of amides is 1. The van der Waals surface area contributed by atoms with Crippen molar-refractivity contribution in [2.24, 2.45) is 13.0 Å². The fourth-order valence-corrected chi connectivity index (χ4v) is 0.674. The Bertz CT molecular complexity index is 279. The summed E-state index contributed by atoms with van der Waals surface area (Å²) in [6.45, 7) is 3.65. The lowest BCUT2D eigenvalue weighted by Gasteiger charge is -2.02. The number of anilines is 1. The Hall–Kier alpha value is -1.39. The fourth-order valence-electron chi connectivity index (χ4n) is 0.674. The molecule has 0 unspecified atom stereocenters. The van der Waals surface area contributed by atoms with Crippen LogP contribution in [0.5, 0.6) is 0 Å². The van der Waals surface area contributed by atoms with Crippen molar-refractivity contribution in [1.29, 1.82) is 0 Å². The molecule has 0 bridgehead atoms. The topological polar surface area (TPSA) is 59.8 Å². The van der Waals surface area contributed by atoms with E-state index in [1.165, 1.54) is 11.0 Å². The maximum absolute atomic E-state index is 11.1. The van der Waals surface area contributed by atoms with Crippen LogP contribution in [0.15, 0.2) is 6.20 Å². The highest BCUT2D eigenvalue weighted by Gasteiger charge is 2.08. The Balaban J connectivity index is 2.58. The van der Waals surface area contributed by atoms with Crippen LogP contribution in [-0.2, 0) is 11.8 Å². The van der Waals surface area contributed by atoms with Gasteiger partial charge in [-0.25, -0.2) is 0 Å². The standard InChI is InChI=1S/C7H12N4O/c1-5(2)7(12)9-6-4-8-11(3)10-6/h4-5H,1-3H3,(H,9,10,12).